The van der Waals surface area contributed by atoms with Crippen LogP contribution in [0, 0.1) is 0 Å². The van der Waals surface area contributed by atoms with Crippen molar-refractivity contribution in [3.8, 4) is 0 Å². The molecule has 0 aromatic heterocycles. The maximum absolute atomic E-state index is 2.49. The highest BCUT2D eigenvalue weighted by Crippen LogP contribution is 2.23. The Kier molecular flexibility index (Phi) is 4.57. The first kappa shape index (κ1) is 10.8. The lowest BCUT2D eigenvalue weighted by Gasteiger charge is -2.33. The molecule has 2 heteroatoms. The number of rotatable bonds is 1. The van der Waals surface area contributed by atoms with Crippen molar-refractivity contribution in [2.45, 2.75) is 38.1 Å². The normalized spacial score (nSPS) is 22.9. The Morgan fingerprint density at radius 3 is 2.38 bits per heavy atom. The SMILES string of the molecule is Br.C1=CCN(C2CCCCC2)C=C1. The molecule has 1 heterocycles. The number of hydrogen-bond donors (Lipinski definition) is 0. The lowest BCUT2D eigenvalue weighted by Crippen LogP contribution is -2.33. The topological polar surface area (TPSA) is 3.24 Å². The summed E-state index contributed by atoms with van der Waals surface area (Å²) in [5.74, 6) is 0. The van der Waals surface area contributed by atoms with E-state index in [0.717, 1.165) is 12.6 Å². The lowest BCUT2D eigenvalue weighted by molar-refractivity contribution is 0.233. The van der Waals surface area contributed by atoms with Gasteiger partial charge in [-0.3, -0.25) is 0 Å². The molecule has 74 valence electrons. The van der Waals surface area contributed by atoms with Crippen LogP contribution >= 0.6 is 17.0 Å². The lowest BCUT2D eigenvalue weighted by atomic mass is 9.94. The molecular formula is C11H18BrN. The molecule has 0 amide bonds. The molecule has 1 fully saturated rings. The minimum atomic E-state index is 0. The van der Waals surface area contributed by atoms with Crippen LogP contribution < -0.4 is 0 Å². The van der Waals surface area contributed by atoms with Crippen LogP contribution in [0.3, 0.4) is 0 Å². The molecule has 2 aliphatic rings. The Morgan fingerprint density at radius 1 is 1.00 bits per heavy atom. The molecule has 1 saturated carbocycles. The van der Waals surface area contributed by atoms with Crippen LogP contribution in [0.2, 0.25) is 0 Å². The highest BCUT2D eigenvalue weighted by Gasteiger charge is 2.17. The molecule has 1 aliphatic carbocycles. The minimum absolute atomic E-state index is 0. The predicted octanol–water partition coefficient (Wildman–Crippen LogP) is 3.28. The molecular weight excluding hydrogens is 226 g/mol. The van der Waals surface area contributed by atoms with Crippen LogP contribution in [0.15, 0.2) is 24.4 Å². The molecule has 0 spiro atoms. The van der Waals surface area contributed by atoms with Gasteiger partial charge in [0.25, 0.3) is 0 Å². The van der Waals surface area contributed by atoms with Gasteiger partial charge in [-0.15, -0.1) is 17.0 Å². The van der Waals surface area contributed by atoms with Crippen molar-refractivity contribution in [2.75, 3.05) is 6.54 Å². The summed E-state index contributed by atoms with van der Waals surface area (Å²) in [4.78, 5) is 2.49. The first-order valence-corrected chi connectivity index (χ1v) is 5.06. The molecule has 0 unspecified atom stereocenters. The Hall–Kier alpha value is -0.240. The van der Waals surface area contributed by atoms with E-state index >= 15 is 0 Å². The van der Waals surface area contributed by atoms with Crippen molar-refractivity contribution in [3.05, 3.63) is 24.4 Å². The van der Waals surface area contributed by atoms with Crippen LogP contribution in [0.25, 0.3) is 0 Å². The van der Waals surface area contributed by atoms with E-state index in [1.54, 1.807) is 0 Å². The van der Waals surface area contributed by atoms with E-state index in [4.69, 9.17) is 0 Å². The molecule has 2 rings (SSSR count). The maximum atomic E-state index is 2.49. The van der Waals surface area contributed by atoms with Crippen LogP contribution in [-0.4, -0.2) is 17.5 Å². The fourth-order valence-corrected chi connectivity index (χ4v) is 2.17. The Bertz CT molecular complexity index is 192. The van der Waals surface area contributed by atoms with Gasteiger partial charge in [0.15, 0.2) is 0 Å². The van der Waals surface area contributed by atoms with Gasteiger partial charge in [-0.1, -0.05) is 31.4 Å². The van der Waals surface area contributed by atoms with E-state index in [1.165, 1.54) is 32.1 Å². The zero-order chi connectivity index (χ0) is 8.23. The summed E-state index contributed by atoms with van der Waals surface area (Å²) in [6.07, 6.45) is 15.9. The fraction of sp³-hybridized carbons (Fsp3) is 0.636. The molecule has 0 bridgehead atoms. The van der Waals surface area contributed by atoms with Gasteiger partial charge in [0.1, 0.15) is 0 Å². The molecule has 0 N–H and O–H groups in total. The van der Waals surface area contributed by atoms with Crippen molar-refractivity contribution in [3.63, 3.8) is 0 Å². The van der Waals surface area contributed by atoms with Gasteiger partial charge < -0.3 is 4.90 Å². The van der Waals surface area contributed by atoms with Crippen LogP contribution in [-0.2, 0) is 0 Å². The number of halogens is 1. The van der Waals surface area contributed by atoms with Crippen LogP contribution in [0.5, 0.6) is 0 Å². The monoisotopic (exact) mass is 243 g/mol. The maximum Gasteiger partial charge on any atom is 0.0360 e. The second-order valence-corrected chi connectivity index (χ2v) is 3.76. The summed E-state index contributed by atoms with van der Waals surface area (Å²) in [6.45, 7) is 1.13. The highest BCUT2D eigenvalue weighted by molar-refractivity contribution is 8.93. The summed E-state index contributed by atoms with van der Waals surface area (Å²) in [5.41, 5.74) is 0. The Morgan fingerprint density at radius 2 is 1.77 bits per heavy atom. The summed E-state index contributed by atoms with van der Waals surface area (Å²) < 4.78 is 0. The van der Waals surface area contributed by atoms with E-state index < -0.39 is 0 Å². The molecule has 0 aromatic rings. The second kappa shape index (κ2) is 5.48. The minimum Gasteiger partial charge on any atom is -0.371 e. The van der Waals surface area contributed by atoms with Gasteiger partial charge in [-0.25, -0.2) is 0 Å². The van der Waals surface area contributed by atoms with Crippen LogP contribution in [0.1, 0.15) is 32.1 Å². The number of hydrogen-bond acceptors (Lipinski definition) is 1. The van der Waals surface area contributed by atoms with Crippen molar-refractivity contribution < 1.29 is 0 Å². The third-order valence-electron chi connectivity index (χ3n) is 2.88. The third kappa shape index (κ3) is 2.87. The van der Waals surface area contributed by atoms with E-state index in [0.29, 0.717) is 0 Å². The standard InChI is InChI=1S/C11H17N.BrH/c1-3-7-11(8-4-1)12-9-5-2-6-10-12;/h2,5-6,9,11H,1,3-4,7-8,10H2;1H. The smallest absolute Gasteiger partial charge is 0.0360 e. The zero-order valence-corrected chi connectivity index (χ0v) is 9.70. The van der Waals surface area contributed by atoms with Gasteiger partial charge in [0.05, 0.1) is 0 Å². The molecule has 0 atom stereocenters. The van der Waals surface area contributed by atoms with Gasteiger partial charge >= 0.3 is 0 Å². The average Bonchev–Trinajstić information content (AvgIpc) is 2.21. The molecule has 1 nitrogen and oxygen atoms in total. The quantitative estimate of drug-likeness (QED) is 0.684. The van der Waals surface area contributed by atoms with E-state index in [2.05, 4.69) is 29.3 Å². The molecule has 1 aliphatic heterocycles. The number of allylic oxidation sites excluding steroid dienone is 2. The largest absolute Gasteiger partial charge is 0.371 e. The molecule has 0 radical (unpaired) electrons. The van der Waals surface area contributed by atoms with Gasteiger partial charge in [0.2, 0.25) is 0 Å². The second-order valence-electron chi connectivity index (χ2n) is 3.76. The van der Waals surface area contributed by atoms with Gasteiger partial charge in [-0.05, 0) is 25.1 Å². The first-order chi connectivity index (χ1) is 5.97. The predicted molar refractivity (Wildman–Crippen MR) is 62.2 cm³/mol. The molecule has 0 saturated heterocycles. The van der Waals surface area contributed by atoms with Crippen molar-refractivity contribution in [2.24, 2.45) is 0 Å². The Balaban J connectivity index is 0.000000845. The summed E-state index contributed by atoms with van der Waals surface area (Å²) in [7, 11) is 0. The van der Waals surface area contributed by atoms with Crippen molar-refractivity contribution in [1.82, 2.24) is 4.90 Å². The fourth-order valence-electron chi connectivity index (χ4n) is 2.17. The van der Waals surface area contributed by atoms with Gasteiger partial charge in [-0.2, -0.15) is 0 Å². The average molecular weight is 244 g/mol. The summed E-state index contributed by atoms with van der Waals surface area (Å²) in [5, 5.41) is 0. The van der Waals surface area contributed by atoms with Crippen molar-refractivity contribution in [1.29, 1.82) is 0 Å². The van der Waals surface area contributed by atoms with Crippen LogP contribution in [0.4, 0.5) is 0 Å². The first-order valence-electron chi connectivity index (χ1n) is 5.06. The zero-order valence-electron chi connectivity index (χ0n) is 7.98. The molecule has 13 heavy (non-hydrogen) atoms. The van der Waals surface area contributed by atoms with E-state index in [-0.39, 0.29) is 17.0 Å². The van der Waals surface area contributed by atoms with Gasteiger partial charge in [0, 0.05) is 12.6 Å². The third-order valence-corrected chi connectivity index (χ3v) is 2.88. The van der Waals surface area contributed by atoms with Crippen molar-refractivity contribution >= 4 is 17.0 Å². The summed E-state index contributed by atoms with van der Waals surface area (Å²) in [6, 6.07) is 0.833. The highest BCUT2D eigenvalue weighted by atomic mass is 79.9. The number of nitrogens with zero attached hydrogens (tertiary/aromatic N) is 1. The van der Waals surface area contributed by atoms with E-state index in [9.17, 15) is 0 Å². The molecule has 0 aromatic carbocycles. The Labute approximate surface area is 91.3 Å². The van der Waals surface area contributed by atoms with E-state index in [1.807, 2.05) is 0 Å². The summed E-state index contributed by atoms with van der Waals surface area (Å²) >= 11 is 0.